The van der Waals surface area contributed by atoms with Gasteiger partial charge in [-0.05, 0) is 32.0 Å². The van der Waals surface area contributed by atoms with Crippen molar-refractivity contribution in [2.45, 2.75) is 53.2 Å². The van der Waals surface area contributed by atoms with Crippen molar-refractivity contribution in [1.29, 1.82) is 0 Å². The Morgan fingerprint density at radius 1 is 1.33 bits per heavy atom. The van der Waals surface area contributed by atoms with Gasteiger partial charge in [0, 0.05) is 32.2 Å². The smallest absolute Gasteiger partial charge is 0.0826 e. The van der Waals surface area contributed by atoms with Crippen LogP contribution in [0.15, 0.2) is 0 Å². The average molecular weight is 300 g/mol. The molecular formula is C17H37N3O. The highest BCUT2D eigenvalue weighted by molar-refractivity contribution is 4.75. The molecule has 0 aromatic heterocycles. The van der Waals surface area contributed by atoms with Gasteiger partial charge in [-0.15, -0.1) is 0 Å². The Kier molecular flexibility index (Phi) is 8.17. The van der Waals surface area contributed by atoms with Crippen molar-refractivity contribution in [2.24, 2.45) is 5.41 Å². The van der Waals surface area contributed by atoms with Gasteiger partial charge in [0.05, 0.1) is 12.7 Å². The van der Waals surface area contributed by atoms with E-state index in [9.17, 15) is 0 Å². The first-order valence-electron chi connectivity index (χ1n) is 8.52. The van der Waals surface area contributed by atoms with Crippen LogP contribution in [0.2, 0.25) is 0 Å². The summed E-state index contributed by atoms with van der Waals surface area (Å²) in [5.74, 6) is 0. The summed E-state index contributed by atoms with van der Waals surface area (Å²) in [5.41, 5.74) is 0.390. The second-order valence-electron chi connectivity index (χ2n) is 8.01. The predicted molar refractivity (Wildman–Crippen MR) is 90.9 cm³/mol. The van der Waals surface area contributed by atoms with E-state index >= 15 is 0 Å². The molecule has 1 saturated heterocycles. The van der Waals surface area contributed by atoms with Gasteiger partial charge in [-0.1, -0.05) is 34.6 Å². The first-order chi connectivity index (χ1) is 9.76. The molecule has 1 fully saturated rings. The molecule has 1 aliphatic rings. The van der Waals surface area contributed by atoms with E-state index in [2.05, 4.69) is 56.8 Å². The molecule has 0 aliphatic carbocycles. The minimum atomic E-state index is 0.355. The summed E-state index contributed by atoms with van der Waals surface area (Å²) in [6, 6.07) is 0.537. The van der Waals surface area contributed by atoms with Crippen molar-refractivity contribution < 1.29 is 4.74 Å². The minimum absolute atomic E-state index is 0.355. The minimum Gasteiger partial charge on any atom is -0.374 e. The van der Waals surface area contributed by atoms with Crippen molar-refractivity contribution >= 4 is 0 Å². The molecule has 0 spiro atoms. The summed E-state index contributed by atoms with van der Waals surface area (Å²) < 4.78 is 5.84. The van der Waals surface area contributed by atoms with E-state index in [4.69, 9.17) is 4.74 Å². The van der Waals surface area contributed by atoms with Gasteiger partial charge in [0.15, 0.2) is 0 Å². The van der Waals surface area contributed by atoms with Crippen LogP contribution in [0.1, 0.15) is 41.0 Å². The highest BCUT2D eigenvalue weighted by atomic mass is 16.5. The Morgan fingerprint density at radius 2 is 2.05 bits per heavy atom. The molecule has 4 nitrogen and oxygen atoms in total. The van der Waals surface area contributed by atoms with Crippen LogP contribution in [0.4, 0.5) is 0 Å². The second kappa shape index (κ2) is 9.09. The van der Waals surface area contributed by atoms with E-state index in [1.54, 1.807) is 0 Å². The third-order valence-electron chi connectivity index (χ3n) is 3.74. The first kappa shape index (κ1) is 18.9. The molecule has 126 valence electrons. The molecule has 0 radical (unpaired) electrons. The molecule has 0 unspecified atom stereocenters. The van der Waals surface area contributed by atoms with E-state index in [0.29, 0.717) is 17.6 Å². The molecule has 4 heteroatoms. The Balaban J connectivity index is 2.17. The lowest BCUT2D eigenvalue weighted by atomic mass is 9.96. The number of hydrogen-bond acceptors (Lipinski definition) is 4. The van der Waals surface area contributed by atoms with Crippen LogP contribution < -0.4 is 5.32 Å². The maximum Gasteiger partial charge on any atom is 0.0826 e. The number of rotatable bonds is 8. The highest BCUT2D eigenvalue weighted by Crippen LogP contribution is 2.14. The Hall–Kier alpha value is -0.160. The highest BCUT2D eigenvalue weighted by Gasteiger charge is 2.20. The zero-order valence-corrected chi connectivity index (χ0v) is 15.1. The molecule has 1 N–H and O–H groups in total. The summed E-state index contributed by atoms with van der Waals surface area (Å²) in [5, 5.41) is 3.48. The van der Waals surface area contributed by atoms with E-state index in [-0.39, 0.29) is 0 Å². The van der Waals surface area contributed by atoms with Crippen LogP contribution in [0.5, 0.6) is 0 Å². The molecule has 0 amide bonds. The van der Waals surface area contributed by atoms with Crippen molar-refractivity contribution in [3.05, 3.63) is 0 Å². The summed E-state index contributed by atoms with van der Waals surface area (Å²) in [7, 11) is 2.24. The molecule has 0 saturated carbocycles. The third kappa shape index (κ3) is 9.46. The number of hydrogen-bond donors (Lipinski definition) is 1. The van der Waals surface area contributed by atoms with Crippen LogP contribution in [0.3, 0.4) is 0 Å². The topological polar surface area (TPSA) is 27.7 Å². The van der Waals surface area contributed by atoms with Crippen LogP contribution >= 0.6 is 0 Å². The van der Waals surface area contributed by atoms with E-state index in [0.717, 1.165) is 32.8 Å². The van der Waals surface area contributed by atoms with Crippen LogP contribution in [-0.4, -0.2) is 74.9 Å². The summed E-state index contributed by atoms with van der Waals surface area (Å²) in [4.78, 5) is 5.01. The number of nitrogens with one attached hydrogen (secondary N) is 1. The zero-order chi connectivity index (χ0) is 15.9. The molecule has 1 rings (SSSR count). The van der Waals surface area contributed by atoms with Gasteiger partial charge in [-0.3, -0.25) is 4.90 Å². The lowest BCUT2D eigenvalue weighted by molar-refractivity contribution is -0.0285. The molecule has 1 aliphatic heterocycles. The fourth-order valence-electron chi connectivity index (χ4n) is 2.93. The molecule has 1 atom stereocenters. The maximum absolute atomic E-state index is 5.84. The molecule has 21 heavy (non-hydrogen) atoms. The monoisotopic (exact) mass is 299 g/mol. The number of nitrogens with zero attached hydrogens (tertiary/aromatic N) is 2. The molecular weight excluding hydrogens is 262 g/mol. The average Bonchev–Trinajstić information content (AvgIpc) is 2.34. The van der Waals surface area contributed by atoms with Crippen molar-refractivity contribution in [1.82, 2.24) is 15.1 Å². The quantitative estimate of drug-likeness (QED) is 0.742. The van der Waals surface area contributed by atoms with E-state index < -0.39 is 0 Å². The van der Waals surface area contributed by atoms with Crippen molar-refractivity contribution in [3.8, 4) is 0 Å². The number of ether oxygens (including phenoxy) is 1. The summed E-state index contributed by atoms with van der Waals surface area (Å²) >= 11 is 0. The molecule has 0 bridgehead atoms. The van der Waals surface area contributed by atoms with Gasteiger partial charge in [0.1, 0.15) is 0 Å². The maximum atomic E-state index is 5.84. The summed E-state index contributed by atoms with van der Waals surface area (Å²) in [6.45, 7) is 18.8. The standard InChI is InChI=1S/C17H37N3O/c1-15(2)18-12-16-13-20(10-11-21-16)9-7-8-19(6)14-17(3,4)5/h15-16,18H,7-14H2,1-6H3/t16-/m1/s1. The fraction of sp³-hybridized carbons (Fsp3) is 1.00. The summed E-state index contributed by atoms with van der Waals surface area (Å²) in [6.07, 6.45) is 1.60. The second-order valence-corrected chi connectivity index (χ2v) is 8.01. The van der Waals surface area contributed by atoms with Gasteiger partial charge < -0.3 is 15.0 Å². The molecule has 0 aromatic carbocycles. The largest absolute Gasteiger partial charge is 0.374 e. The first-order valence-corrected chi connectivity index (χ1v) is 8.52. The molecule has 1 heterocycles. The lowest BCUT2D eigenvalue weighted by Gasteiger charge is -2.34. The lowest BCUT2D eigenvalue weighted by Crippen LogP contribution is -2.48. The van der Waals surface area contributed by atoms with Crippen molar-refractivity contribution in [3.63, 3.8) is 0 Å². The fourth-order valence-corrected chi connectivity index (χ4v) is 2.93. The van der Waals surface area contributed by atoms with E-state index in [1.807, 2.05) is 0 Å². The number of morpholine rings is 1. The van der Waals surface area contributed by atoms with E-state index in [1.165, 1.54) is 19.5 Å². The normalized spacial score (nSPS) is 21.4. The van der Waals surface area contributed by atoms with Crippen LogP contribution in [-0.2, 0) is 4.74 Å². The van der Waals surface area contributed by atoms with Crippen LogP contribution in [0, 0.1) is 5.41 Å². The molecule has 0 aromatic rings. The van der Waals surface area contributed by atoms with Gasteiger partial charge in [0.2, 0.25) is 0 Å². The third-order valence-corrected chi connectivity index (χ3v) is 3.74. The Bertz CT molecular complexity index is 276. The van der Waals surface area contributed by atoms with Crippen molar-refractivity contribution in [2.75, 3.05) is 52.9 Å². The van der Waals surface area contributed by atoms with Crippen LogP contribution in [0.25, 0.3) is 0 Å². The predicted octanol–water partition coefficient (Wildman–Crippen LogP) is 2.05. The van der Waals surface area contributed by atoms with Gasteiger partial charge in [-0.25, -0.2) is 0 Å². The Morgan fingerprint density at radius 3 is 2.67 bits per heavy atom. The Labute approximate surface area is 132 Å². The van der Waals surface area contributed by atoms with Gasteiger partial charge >= 0.3 is 0 Å². The van der Waals surface area contributed by atoms with Gasteiger partial charge in [-0.2, -0.15) is 0 Å². The SMILES string of the molecule is CC(C)NC[C@@H]1CN(CCCN(C)CC(C)(C)C)CCO1. The zero-order valence-electron chi connectivity index (χ0n) is 15.1. The van der Waals surface area contributed by atoms with Gasteiger partial charge in [0.25, 0.3) is 0 Å².